The molecule has 0 saturated carbocycles. The molecule has 0 saturated heterocycles. The zero-order chi connectivity index (χ0) is 24.8. The van der Waals surface area contributed by atoms with Crippen LogP contribution in [0.3, 0.4) is 0 Å². The maximum absolute atomic E-state index is 12.8. The number of hydrogen-bond acceptors (Lipinski definition) is 5. The number of nitrogens with zero attached hydrogens (tertiary/aromatic N) is 1. The van der Waals surface area contributed by atoms with Crippen LogP contribution in [-0.4, -0.2) is 33.2 Å². The maximum atomic E-state index is 12.8. The van der Waals surface area contributed by atoms with Crippen molar-refractivity contribution >= 4 is 39.0 Å². The zero-order valence-corrected chi connectivity index (χ0v) is 21.1. The Balaban J connectivity index is 0.000000991. The molecule has 0 spiro atoms. The van der Waals surface area contributed by atoms with Crippen LogP contribution in [0.1, 0.15) is 45.0 Å². The number of benzene rings is 2. The number of aromatic nitrogens is 1. The Kier molecular flexibility index (Phi) is 12.3. The molecular formula is C23H24EuF3NO5. The normalized spacial score (nSPS) is 10.3. The molecule has 3 rings (SSSR count). The van der Waals surface area contributed by atoms with E-state index in [2.05, 4.69) is 0 Å². The second-order valence-corrected chi connectivity index (χ2v) is 7.10. The van der Waals surface area contributed by atoms with Crippen molar-refractivity contribution in [1.29, 1.82) is 0 Å². The second kappa shape index (κ2) is 13.1. The van der Waals surface area contributed by atoms with Gasteiger partial charge in [0.15, 0.2) is 0 Å². The van der Waals surface area contributed by atoms with Gasteiger partial charge in [0.2, 0.25) is 0 Å². The van der Waals surface area contributed by atoms with Gasteiger partial charge in [-0.1, -0.05) is 30.3 Å². The van der Waals surface area contributed by atoms with Gasteiger partial charge in [-0.15, -0.1) is 0 Å². The average molecular weight is 603 g/mol. The number of rotatable bonds is 2. The summed E-state index contributed by atoms with van der Waals surface area (Å²) in [7, 11) is 0. The molecule has 0 aliphatic rings. The summed E-state index contributed by atoms with van der Waals surface area (Å²) in [5.74, 6) is -2.95. The van der Waals surface area contributed by atoms with Crippen molar-refractivity contribution in [2.24, 2.45) is 0 Å². The largest absolute Gasteiger partial charge is 0.506 e. The minimum absolute atomic E-state index is 0. The Morgan fingerprint density at radius 1 is 0.909 bits per heavy atom. The van der Waals surface area contributed by atoms with Gasteiger partial charge in [-0.05, 0) is 46.1 Å². The van der Waals surface area contributed by atoms with Crippen molar-refractivity contribution in [3.8, 4) is 5.75 Å². The minimum Gasteiger partial charge on any atom is -0.506 e. The van der Waals surface area contributed by atoms with Gasteiger partial charge in [0.05, 0.1) is 5.52 Å². The van der Waals surface area contributed by atoms with Gasteiger partial charge in [0.25, 0.3) is 11.3 Å². The predicted molar refractivity (Wildman–Crippen MR) is 116 cm³/mol. The molecule has 6 nitrogen and oxygen atoms in total. The molecule has 0 bridgehead atoms. The second-order valence-electron chi connectivity index (χ2n) is 7.10. The van der Waals surface area contributed by atoms with Crippen LogP contribution < -0.4 is 5.56 Å². The Bertz CT molecular complexity index is 1210. The van der Waals surface area contributed by atoms with E-state index in [1.165, 1.54) is 33.8 Å². The number of halogens is 3. The minimum atomic E-state index is -5.24. The monoisotopic (exact) mass is 604 g/mol. The number of aromatic hydroxyl groups is 1. The molecule has 179 valence electrons. The number of alkyl halides is 3. The summed E-state index contributed by atoms with van der Waals surface area (Å²) in [6, 6.07) is 10.0. The van der Waals surface area contributed by atoms with Gasteiger partial charge in [0, 0.05) is 66.7 Å². The third-order valence-electron chi connectivity index (χ3n) is 3.92. The van der Waals surface area contributed by atoms with Crippen LogP contribution in [0.2, 0.25) is 0 Å². The van der Waals surface area contributed by atoms with E-state index >= 15 is 0 Å². The number of carbonyl (C=O) groups excluding carboxylic acids is 3. The van der Waals surface area contributed by atoms with Gasteiger partial charge in [0.1, 0.15) is 22.9 Å². The molecule has 1 N–H and O–H groups in total. The molecule has 10 heteroatoms. The molecule has 1 radical (unpaired) electrons. The molecule has 1 aromatic heterocycles. The molecule has 33 heavy (non-hydrogen) atoms. The van der Waals surface area contributed by atoms with Gasteiger partial charge in [-0.25, -0.2) is 0 Å². The smallest absolute Gasteiger partial charge is 0.455 e. The van der Waals surface area contributed by atoms with Crippen molar-refractivity contribution in [3.63, 3.8) is 0 Å². The topological polar surface area (TPSA) is 93.4 Å². The van der Waals surface area contributed by atoms with Crippen molar-refractivity contribution in [1.82, 2.24) is 4.57 Å². The van der Waals surface area contributed by atoms with E-state index in [-0.39, 0.29) is 72.9 Å². The fourth-order valence-electron chi connectivity index (χ4n) is 2.86. The third-order valence-corrected chi connectivity index (χ3v) is 3.92. The van der Waals surface area contributed by atoms with E-state index in [1.807, 2.05) is 0 Å². The average Bonchev–Trinajstić information content (AvgIpc) is 2.66. The molecule has 2 aromatic carbocycles. The number of carbonyl (C=O) groups is 3. The summed E-state index contributed by atoms with van der Waals surface area (Å²) in [5.41, 5.74) is -2.09. The number of ketones is 3. The van der Waals surface area contributed by atoms with E-state index in [4.69, 9.17) is 0 Å². The van der Waals surface area contributed by atoms with Crippen LogP contribution in [0.4, 0.5) is 13.2 Å². The summed E-state index contributed by atoms with van der Waals surface area (Å²) >= 11 is 0. The Morgan fingerprint density at radius 3 is 1.85 bits per heavy atom. The third kappa shape index (κ3) is 8.12. The Hall–Kier alpha value is -1.91. The van der Waals surface area contributed by atoms with Gasteiger partial charge in [-0.2, -0.15) is 13.2 Å². The number of pyridine rings is 1. The first-order valence-corrected chi connectivity index (χ1v) is 9.57. The molecular weight excluding hydrogens is 579 g/mol. The van der Waals surface area contributed by atoms with Crippen molar-refractivity contribution < 1.29 is 82.0 Å². The SMILES string of the molecule is CC(C)=O.CC(C)=O.CCn1c(=O)c(C(=O)C(F)(F)F)c(O)c2ccc3ccccc3c21.[Eu]. The molecule has 3 aromatic rings. The quantitative estimate of drug-likeness (QED) is 0.335. The standard InChI is InChI=1S/C17H12F3NO3.2C3H6O.Eu/c1-2-21-13-10-6-4-3-5-9(10)7-8-11(13)14(22)12(16(21)24)15(23)17(18,19)20;2*1-3(2)4;/h3-8,22H,2H2,1H3;2*1-2H3;. The first kappa shape index (κ1) is 31.1. The van der Waals surface area contributed by atoms with Gasteiger partial charge in [-0.3, -0.25) is 9.59 Å². The van der Waals surface area contributed by atoms with E-state index < -0.39 is 28.8 Å². The molecule has 0 atom stereocenters. The zero-order valence-electron chi connectivity index (χ0n) is 18.7. The van der Waals surface area contributed by atoms with E-state index in [9.17, 15) is 37.5 Å². The van der Waals surface area contributed by atoms with Crippen LogP contribution in [0, 0.1) is 49.4 Å². The van der Waals surface area contributed by atoms with Crippen molar-refractivity contribution in [3.05, 3.63) is 52.3 Å². The Labute approximate surface area is 229 Å². The summed E-state index contributed by atoms with van der Waals surface area (Å²) in [6.45, 7) is 7.75. The van der Waals surface area contributed by atoms with E-state index in [0.29, 0.717) is 10.9 Å². The molecule has 0 aliphatic heterocycles. The van der Waals surface area contributed by atoms with Crippen LogP contribution >= 0.6 is 0 Å². The molecule has 0 aliphatic carbocycles. The van der Waals surface area contributed by atoms with E-state index in [1.54, 1.807) is 37.3 Å². The van der Waals surface area contributed by atoms with Crippen LogP contribution in [-0.2, 0) is 16.1 Å². The summed E-state index contributed by atoms with van der Waals surface area (Å²) < 4.78 is 39.4. The summed E-state index contributed by atoms with van der Waals surface area (Å²) in [4.78, 5) is 42.9. The number of hydrogen-bond donors (Lipinski definition) is 1. The molecule has 0 fully saturated rings. The summed E-state index contributed by atoms with van der Waals surface area (Å²) in [5, 5.41) is 11.6. The predicted octanol–water partition coefficient (Wildman–Crippen LogP) is 4.82. The van der Waals surface area contributed by atoms with E-state index in [0.717, 1.165) is 9.95 Å². The fourth-order valence-corrected chi connectivity index (χ4v) is 2.86. The number of aryl methyl sites for hydroxylation is 1. The maximum Gasteiger partial charge on any atom is 0.455 e. The first-order valence-electron chi connectivity index (χ1n) is 9.57. The molecule has 1 heterocycles. The number of fused-ring (bicyclic) bond motifs is 3. The van der Waals surface area contributed by atoms with Gasteiger partial charge >= 0.3 is 6.18 Å². The fraction of sp³-hybridized carbons (Fsp3) is 0.304. The van der Waals surface area contributed by atoms with Crippen LogP contribution in [0.25, 0.3) is 21.7 Å². The molecule has 0 unspecified atom stereocenters. The number of Topliss-reactive ketones (excluding diaryl/α,β-unsaturated/α-hetero) is 3. The first-order chi connectivity index (χ1) is 14.7. The summed E-state index contributed by atoms with van der Waals surface area (Å²) in [6.07, 6.45) is -5.24. The van der Waals surface area contributed by atoms with Crippen molar-refractivity contribution in [2.45, 2.75) is 47.3 Å². The Morgan fingerprint density at radius 2 is 1.39 bits per heavy atom. The van der Waals surface area contributed by atoms with Crippen LogP contribution in [0.5, 0.6) is 5.75 Å². The molecule has 0 amide bonds. The van der Waals surface area contributed by atoms with Crippen molar-refractivity contribution in [2.75, 3.05) is 0 Å². The van der Waals surface area contributed by atoms with Gasteiger partial charge < -0.3 is 19.3 Å². The van der Waals surface area contributed by atoms with Crippen LogP contribution in [0.15, 0.2) is 41.2 Å².